The Hall–Kier alpha value is -2.14. The second-order valence-corrected chi connectivity index (χ2v) is 7.08. The van der Waals surface area contributed by atoms with Crippen molar-refractivity contribution in [2.45, 2.75) is 44.6 Å². The number of hydrogen-bond acceptors (Lipinski definition) is 4. The Balaban J connectivity index is 1.53. The molecule has 1 N–H and O–H groups in total. The number of rotatable bonds is 5. The van der Waals surface area contributed by atoms with Gasteiger partial charge in [-0.2, -0.15) is 0 Å². The molecule has 1 aliphatic heterocycles. The first kappa shape index (κ1) is 16.3. The van der Waals surface area contributed by atoms with E-state index in [9.17, 15) is 4.79 Å². The Morgan fingerprint density at radius 2 is 1.88 bits per heavy atom. The molecule has 1 atom stereocenters. The monoisotopic (exact) mass is 339 g/mol. The van der Waals surface area contributed by atoms with Gasteiger partial charge < -0.3 is 14.7 Å². The zero-order valence-electron chi connectivity index (χ0n) is 14.5. The number of aromatic nitrogens is 1. The molecule has 132 valence electrons. The molecule has 0 saturated carbocycles. The predicted octanol–water partition coefficient (Wildman–Crippen LogP) is 3.12. The maximum Gasteiger partial charge on any atom is 0.274 e. The van der Waals surface area contributed by atoms with Crippen molar-refractivity contribution in [3.05, 3.63) is 52.9 Å². The van der Waals surface area contributed by atoms with E-state index in [1.54, 1.807) is 0 Å². The molecule has 1 amide bonds. The summed E-state index contributed by atoms with van der Waals surface area (Å²) in [5, 5.41) is 7.29. The summed E-state index contributed by atoms with van der Waals surface area (Å²) in [4.78, 5) is 15.3. The van der Waals surface area contributed by atoms with E-state index in [1.165, 1.54) is 12.8 Å². The quantitative estimate of drug-likeness (QED) is 0.909. The summed E-state index contributed by atoms with van der Waals surface area (Å²) in [6, 6.07) is 10.2. The van der Waals surface area contributed by atoms with Crippen LogP contribution in [0.5, 0.6) is 0 Å². The lowest BCUT2D eigenvalue weighted by atomic mass is 9.96. The Kier molecular flexibility index (Phi) is 4.83. The molecule has 2 heterocycles. The van der Waals surface area contributed by atoms with Crippen molar-refractivity contribution in [3.63, 3.8) is 0 Å². The maximum atomic E-state index is 12.9. The van der Waals surface area contributed by atoms with E-state index in [2.05, 4.69) is 27.5 Å². The Morgan fingerprint density at radius 1 is 1.12 bits per heavy atom. The lowest BCUT2D eigenvalue weighted by molar-refractivity contribution is 0.0917. The Bertz CT molecular complexity index is 720. The summed E-state index contributed by atoms with van der Waals surface area (Å²) in [5.41, 5.74) is 2.63. The standard InChI is InChI=1S/C20H25N3O2/c24-20(19-16-10-4-5-11-18(16)25-22-19)21-17(14-23-12-6-7-13-23)15-8-2-1-3-9-15/h1-3,8-9,17H,4-7,10-14H2,(H,21,24). The van der Waals surface area contributed by atoms with Crippen molar-refractivity contribution in [1.82, 2.24) is 15.4 Å². The first-order valence-electron chi connectivity index (χ1n) is 9.37. The topological polar surface area (TPSA) is 58.4 Å². The third-order valence-electron chi connectivity index (χ3n) is 5.31. The van der Waals surface area contributed by atoms with Crippen molar-refractivity contribution in [3.8, 4) is 0 Å². The minimum atomic E-state index is -0.111. The summed E-state index contributed by atoms with van der Waals surface area (Å²) >= 11 is 0. The van der Waals surface area contributed by atoms with Crippen molar-refractivity contribution in [2.24, 2.45) is 0 Å². The number of aryl methyl sites for hydroxylation is 1. The molecule has 5 nitrogen and oxygen atoms in total. The molecule has 1 aliphatic carbocycles. The van der Waals surface area contributed by atoms with Gasteiger partial charge in [0.2, 0.25) is 0 Å². The summed E-state index contributed by atoms with van der Waals surface area (Å²) in [7, 11) is 0. The number of likely N-dealkylation sites (tertiary alicyclic amines) is 1. The van der Waals surface area contributed by atoms with E-state index < -0.39 is 0 Å². The van der Waals surface area contributed by atoms with Gasteiger partial charge in [0.1, 0.15) is 5.76 Å². The predicted molar refractivity (Wildman–Crippen MR) is 95.5 cm³/mol. The SMILES string of the molecule is O=C(NC(CN1CCCC1)c1ccccc1)c1noc2c1CCCC2. The highest BCUT2D eigenvalue weighted by Gasteiger charge is 2.27. The molecule has 1 saturated heterocycles. The number of nitrogens with one attached hydrogen (secondary N) is 1. The van der Waals surface area contributed by atoms with Crippen LogP contribution in [0.3, 0.4) is 0 Å². The number of carbonyl (C=O) groups excluding carboxylic acids is 1. The molecule has 0 spiro atoms. The summed E-state index contributed by atoms with van der Waals surface area (Å²) < 4.78 is 5.41. The molecule has 2 aliphatic rings. The summed E-state index contributed by atoms with van der Waals surface area (Å²) in [5.74, 6) is 0.784. The van der Waals surface area contributed by atoms with Crippen LogP contribution in [0, 0.1) is 0 Å². The van der Waals surface area contributed by atoms with E-state index in [0.717, 1.165) is 62.2 Å². The van der Waals surface area contributed by atoms with Crippen LogP contribution in [0.15, 0.2) is 34.9 Å². The third-order valence-corrected chi connectivity index (χ3v) is 5.31. The van der Waals surface area contributed by atoms with Crippen LogP contribution < -0.4 is 5.32 Å². The van der Waals surface area contributed by atoms with Gasteiger partial charge in [0.05, 0.1) is 6.04 Å². The van der Waals surface area contributed by atoms with E-state index in [1.807, 2.05) is 18.2 Å². The van der Waals surface area contributed by atoms with Crippen molar-refractivity contribution in [2.75, 3.05) is 19.6 Å². The van der Waals surface area contributed by atoms with Crippen molar-refractivity contribution >= 4 is 5.91 Å². The van der Waals surface area contributed by atoms with Gasteiger partial charge in [-0.15, -0.1) is 0 Å². The van der Waals surface area contributed by atoms with Crippen LogP contribution in [-0.4, -0.2) is 35.6 Å². The highest BCUT2D eigenvalue weighted by molar-refractivity contribution is 5.94. The lowest BCUT2D eigenvalue weighted by Gasteiger charge is -2.24. The minimum Gasteiger partial charge on any atom is -0.360 e. The van der Waals surface area contributed by atoms with Crippen LogP contribution in [-0.2, 0) is 12.8 Å². The van der Waals surface area contributed by atoms with Gasteiger partial charge in [0.15, 0.2) is 5.69 Å². The van der Waals surface area contributed by atoms with Crippen molar-refractivity contribution < 1.29 is 9.32 Å². The Morgan fingerprint density at radius 3 is 2.68 bits per heavy atom. The third kappa shape index (κ3) is 3.61. The number of carbonyl (C=O) groups is 1. The summed E-state index contributed by atoms with van der Waals surface area (Å²) in [6.45, 7) is 3.06. The number of amides is 1. The van der Waals surface area contributed by atoms with Gasteiger partial charge in [0, 0.05) is 18.5 Å². The fraction of sp³-hybridized carbons (Fsp3) is 0.500. The highest BCUT2D eigenvalue weighted by Crippen LogP contribution is 2.25. The molecule has 1 aromatic heterocycles. The minimum absolute atomic E-state index is 0.0252. The second kappa shape index (κ2) is 7.40. The number of fused-ring (bicyclic) bond motifs is 1. The zero-order valence-corrected chi connectivity index (χ0v) is 14.5. The van der Waals surface area contributed by atoms with Crippen LogP contribution in [0.1, 0.15) is 59.1 Å². The molecule has 0 radical (unpaired) electrons. The molecular weight excluding hydrogens is 314 g/mol. The van der Waals surface area contributed by atoms with E-state index in [0.29, 0.717) is 5.69 Å². The van der Waals surface area contributed by atoms with Gasteiger partial charge in [-0.25, -0.2) is 0 Å². The molecule has 5 heteroatoms. The fourth-order valence-corrected chi connectivity index (χ4v) is 3.93. The number of hydrogen-bond donors (Lipinski definition) is 1. The zero-order chi connectivity index (χ0) is 17.1. The molecule has 1 unspecified atom stereocenters. The van der Waals surface area contributed by atoms with Gasteiger partial charge >= 0.3 is 0 Å². The average Bonchev–Trinajstić information content (AvgIpc) is 3.31. The fourth-order valence-electron chi connectivity index (χ4n) is 3.93. The van der Waals surface area contributed by atoms with Gasteiger partial charge in [0.25, 0.3) is 5.91 Å². The van der Waals surface area contributed by atoms with Crippen LogP contribution in [0.4, 0.5) is 0 Å². The van der Waals surface area contributed by atoms with E-state index in [-0.39, 0.29) is 11.9 Å². The largest absolute Gasteiger partial charge is 0.360 e. The van der Waals surface area contributed by atoms with E-state index in [4.69, 9.17) is 4.52 Å². The molecule has 4 rings (SSSR count). The van der Waals surface area contributed by atoms with Gasteiger partial charge in [-0.1, -0.05) is 35.5 Å². The molecular formula is C20H25N3O2. The first-order chi connectivity index (χ1) is 12.3. The first-order valence-corrected chi connectivity index (χ1v) is 9.37. The van der Waals surface area contributed by atoms with Crippen LogP contribution >= 0.6 is 0 Å². The molecule has 25 heavy (non-hydrogen) atoms. The highest BCUT2D eigenvalue weighted by atomic mass is 16.5. The number of nitrogens with zero attached hydrogens (tertiary/aromatic N) is 2. The van der Waals surface area contributed by atoms with Gasteiger partial charge in [-0.3, -0.25) is 4.79 Å². The smallest absolute Gasteiger partial charge is 0.274 e. The Labute approximate surface area is 148 Å². The normalized spacial score (nSPS) is 18.7. The van der Waals surface area contributed by atoms with Crippen molar-refractivity contribution in [1.29, 1.82) is 0 Å². The maximum absolute atomic E-state index is 12.9. The average molecular weight is 339 g/mol. The van der Waals surface area contributed by atoms with Crippen LogP contribution in [0.2, 0.25) is 0 Å². The van der Waals surface area contributed by atoms with E-state index >= 15 is 0 Å². The molecule has 1 fully saturated rings. The number of benzene rings is 1. The summed E-state index contributed by atoms with van der Waals surface area (Å²) in [6.07, 6.45) is 6.49. The molecule has 1 aromatic carbocycles. The lowest BCUT2D eigenvalue weighted by Crippen LogP contribution is -2.37. The molecule has 2 aromatic rings. The van der Waals surface area contributed by atoms with Gasteiger partial charge in [-0.05, 0) is 50.8 Å². The molecule has 0 bridgehead atoms. The van der Waals surface area contributed by atoms with Crippen LogP contribution in [0.25, 0.3) is 0 Å². The second-order valence-electron chi connectivity index (χ2n) is 7.08.